The van der Waals surface area contributed by atoms with E-state index in [-0.39, 0.29) is 0 Å². The van der Waals surface area contributed by atoms with Gasteiger partial charge in [-0.3, -0.25) is 9.97 Å². The van der Waals surface area contributed by atoms with Gasteiger partial charge in [-0.2, -0.15) is 0 Å². The molecule has 0 aromatic carbocycles. The molecular weight excluding hydrogens is 266 g/mol. The molecule has 2 aromatic rings. The van der Waals surface area contributed by atoms with E-state index >= 15 is 0 Å². The Morgan fingerprint density at radius 3 is 2.55 bits per heavy atom. The maximum absolute atomic E-state index is 4.43. The first kappa shape index (κ1) is 13.6. The van der Waals surface area contributed by atoms with Crippen molar-refractivity contribution in [1.82, 2.24) is 14.3 Å². The van der Waals surface area contributed by atoms with Crippen LogP contribution < -0.4 is 0 Å². The molecule has 3 heterocycles. The summed E-state index contributed by atoms with van der Waals surface area (Å²) in [6.07, 6.45) is 9.24. The van der Waals surface area contributed by atoms with Crippen LogP contribution in [-0.2, 0) is 6.42 Å². The number of piperidine rings is 1. The monoisotopic (exact) mass is 285 g/mol. The van der Waals surface area contributed by atoms with Gasteiger partial charge in [-0.05, 0) is 61.4 Å². The van der Waals surface area contributed by atoms with Gasteiger partial charge in [-0.25, -0.2) is 4.31 Å². The van der Waals surface area contributed by atoms with E-state index in [0.717, 1.165) is 25.4 Å². The highest BCUT2D eigenvalue weighted by molar-refractivity contribution is 7.97. The predicted molar refractivity (Wildman–Crippen MR) is 82.3 cm³/mol. The van der Waals surface area contributed by atoms with Gasteiger partial charge in [0.25, 0.3) is 0 Å². The van der Waals surface area contributed by atoms with E-state index in [2.05, 4.69) is 38.5 Å². The van der Waals surface area contributed by atoms with Crippen LogP contribution in [-0.4, -0.2) is 27.4 Å². The van der Waals surface area contributed by atoms with Crippen molar-refractivity contribution in [2.24, 2.45) is 5.92 Å². The van der Waals surface area contributed by atoms with Crippen LogP contribution in [0.5, 0.6) is 0 Å². The quantitative estimate of drug-likeness (QED) is 0.805. The minimum atomic E-state index is 0.777. The van der Waals surface area contributed by atoms with Crippen LogP contribution in [0.3, 0.4) is 0 Å². The first-order valence-corrected chi connectivity index (χ1v) is 7.90. The molecule has 4 heteroatoms. The van der Waals surface area contributed by atoms with Crippen LogP contribution in [0, 0.1) is 5.92 Å². The molecule has 0 amide bonds. The Balaban J connectivity index is 1.47. The van der Waals surface area contributed by atoms with Crippen molar-refractivity contribution >= 4 is 11.9 Å². The first-order valence-electron chi connectivity index (χ1n) is 7.13. The Hall–Kier alpha value is -1.39. The van der Waals surface area contributed by atoms with Crippen LogP contribution >= 0.6 is 11.9 Å². The molecule has 0 N–H and O–H groups in total. The van der Waals surface area contributed by atoms with Crippen LogP contribution in [0.15, 0.2) is 53.8 Å². The molecule has 2 aromatic heterocycles. The zero-order valence-corrected chi connectivity index (χ0v) is 12.3. The lowest BCUT2D eigenvalue weighted by atomic mass is 9.93. The van der Waals surface area contributed by atoms with Crippen molar-refractivity contribution in [2.45, 2.75) is 24.2 Å². The molecule has 1 aliphatic heterocycles. The van der Waals surface area contributed by atoms with Gasteiger partial charge in [-0.15, -0.1) is 0 Å². The Labute approximate surface area is 124 Å². The summed E-state index contributed by atoms with van der Waals surface area (Å²) in [7, 11) is 0. The second-order valence-electron chi connectivity index (χ2n) is 5.17. The van der Waals surface area contributed by atoms with Crippen LogP contribution in [0.1, 0.15) is 18.5 Å². The average Bonchev–Trinajstić information content (AvgIpc) is 2.51. The van der Waals surface area contributed by atoms with Crippen molar-refractivity contribution < 1.29 is 0 Å². The molecule has 0 saturated carbocycles. The van der Waals surface area contributed by atoms with E-state index in [1.807, 2.05) is 36.6 Å². The molecule has 3 nitrogen and oxygen atoms in total. The predicted octanol–water partition coefficient (Wildman–Crippen LogP) is 3.44. The molecule has 0 aliphatic carbocycles. The van der Waals surface area contributed by atoms with E-state index in [9.17, 15) is 0 Å². The number of pyridine rings is 2. The number of nitrogens with zero attached hydrogens (tertiary/aromatic N) is 3. The smallest absolute Gasteiger partial charge is 0.0406 e. The zero-order valence-electron chi connectivity index (χ0n) is 11.5. The fraction of sp³-hybridized carbons (Fsp3) is 0.375. The van der Waals surface area contributed by atoms with Crippen LogP contribution in [0.4, 0.5) is 0 Å². The SMILES string of the molecule is c1ccc(CC2CCN(Sc3ccncc3)CC2)nc1. The molecular formula is C16H19N3S. The number of aromatic nitrogens is 2. The molecule has 1 saturated heterocycles. The van der Waals surface area contributed by atoms with E-state index in [0.29, 0.717) is 0 Å². The number of hydrogen-bond donors (Lipinski definition) is 0. The Bertz CT molecular complexity index is 460. The first-order chi connectivity index (χ1) is 9.90. The van der Waals surface area contributed by atoms with Gasteiger partial charge in [0.2, 0.25) is 0 Å². The van der Waals surface area contributed by atoms with Crippen molar-refractivity contribution in [1.29, 1.82) is 0 Å². The molecule has 104 valence electrons. The van der Waals surface area contributed by atoms with Gasteiger partial charge >= 0.3 is 0 Å². The third-order valence-electron chi connectivity index (χ3n) is 3.68. The Kier molecular flexibility index (Phi) is 4.66. The molecule has 0 unspecified atom stereocenters. The molecule has 0 bridgehead atoms. The van der Waals surface area contributed by atoms with E-state index in [1.165, 1.54) is 23.4 Å². The summed E-state index contributed by atoms with van der Waals surface area (Å²) >= 11 is 1.85. The van der Waals surface area contributed by atoms with Crippen molar-refractivity contribution in [3.63, 3.8) is 0 Å². The fourth-order valence-corrected chi connectivity index (χ4v) is 3.50. The highest BCUT2D eigenvalue weighted by Gasteiger charge is 2.20. The van der Waals surface area contributed by atoms with E-state index < -0.39 is 0 Å². The third kappa shape index (κ3) is 3.81. The summed E-state index contributed by atoms with van der Waals surface area (Å²) in [6.45, 7) is 2.31. The molecule has 0 atom stereocenters. The van der Waals surface area contributed by atoms with Crippen LogP contribution in [0.2, 0.25) is 0 Å². The second kappa shape index (κ2) is 6.86. The van der Waals surface area contributed by atoms with Crippen molar-refractivity contribution in [2.75, 3.05) is 13.1 Å². The van der Waals surface area contributed by atoms with Crippen molar-refractivity contribution in [3.8, 4) is 0 Å². The standard InChI is InChI=1S/C16H19N3S/c1-2-8-18-15(3-1)13-14-6-11-19(12-7-14)20-16-4-9-17-10-5-16/h1-5,8-10,14H,6-7,11-13H2. The lowest BCUT2D eigenvalue weighted by Crippen LogP contribution is -2.29. The van der Waals surface area contributed by atoms with Crippen molar-refractivity contribution in [3.05, 3.63) is 54.6 Å². The second-order valence-corrected chi connectivity index (χ2v) is 6.34. The summed E-state index contributed by atoms with van der Waals surface area (Å²) in [5.74, 6) is 0.777. The molecule has 0 radical (unpaired) electrons. The molecule has 1 fully saturated rings. The van der Waals surface area contributed by atoms with Gasteiger partial charge in [0.05, 0.1) is 0 Å². The molecule has 1 aliphatic rings. The van der Waals surface area contributed by atoms with Gasteiger partial charge in [0.1, 0.15) is 0 Å². The maximum atomic E-state index is 4.43. The highest BCUT2D eigenvalue weighted by Crippen LogP contribution is 2.29. The largest absolute Gasteiger partial charge is 0.265 e. The summed E-state index contributed by atoms with van der Waals surface area (Å²) in [5, 5.41) is 0. The minimum absolute atomic E-state index is 0.777. The van der Waals surface area contributed by atoms with Gasteiger partial charge < -0.3 is 0 Å². The average molecular weight is 285 g/mol. The summed E-state index contributed by atoms with van der Waals surface area (Å²) in [5.41, 5.74) is 1.23. The third-order valence-corrected chi connectivity index (χ3v) is 4.79. The molecule has 3 rings (SSSR count). The van der Waals surface area contributed by atoms with Gasteiger partial charge in [0.15, 0.2) is 0 Å². The Morgan fingerprint density at radius 2 is 1.85 bits per heavy atom. The maximum Gasteiger partial charge on any atom is 0.0406 e. The summed E-state index contributed by atoms with van der Waals surface area (Å²) < 4.78 is 2.46. The zero-order chi connectivity index (χ0) is 13.6. The topological polar surface area (TPSA) is 29.0 Å². The number of rotatable bonds is 4. The van der Waals surface area contributed by atoms with Crippen LogP contribution in [0.25, 0.3) is 0 Å². The fourth-order valence-electron chi connectivity index (χ4n) is 2.57. The normalized spacial score (nSPS) is 17.2. The molecule has 20 heavy (non-hydrogen) atoms. The van der Waals surface area contributed by atoms with E-state index in [1.54, 1.807) is 0 Å². The summed E-state index contributed by atoms with van der Waals surface area (Å²) in [6, 6.07) is 10.3. The Morgan fingerprint density at radius 1 is 1.05 bits per heavy atom. The van der Waals surface area contributed by atoms with Gasteiger partial charge in [0, 0.05) is 42.3 Å². The lowest BCUT2D eigenvalue weighted by Gasteiger charge is -2.30. The van der Waals surface area contributed by atoms with Gasteiger partial charge in [-0.1, -0.05) is 6.07 Å². The number of hydrogen-bond acceptors (Lipinski definition) is 4. The highest BCUT2D eigenvalue weighted by atomic mass is 32.2. The molecule has 0 spiro atoms. The lowest BCUT2D eigenvalue weighted by molar-refractivity contribution is 0.289. The van der Waals surface area contributed by atoms with E-state index in [4.69, 9.17) is 0 Å². The minimum Gasteiger partial charge on any atom is -0.265 e. The summed E-state index contributed by atoms with van der Waals surface area (Å²) in [4.78, 5) is 9.77.